The van der Waals surface area contributed by atoms with E-state index >= 15 is 0 Å². The molecule has 0 fully saturated rings. The standard InChI is InChI=1S/C17H23NOS/c1-3-18-14(2)12-15-4-6-17(7-5-15)19-10-8-16-9-11-20-13-16/h4-7,9,11,13-14,18H,3,8,10,12H2,1-2H3. The van der Waals surface area contributed by atoms with Crippen molar-refractivity contribution in [3.05, 3.63) is 52.2 Å². The Morgan fingerprint density at radius 2 is 1.95 bits per heavy atom. The fourth-order valence-corrected chi connectivity index (χ4v) is 2.92. The smallest absolute Gasteiger partial charge is 0.119 e. The highest BCUT2D eigenvalue weighted by molar-refractivity contribution is 7.07. The molecule has 0 aliphatic rings. The van der Waals surface area contributed by atoms with E-state index in [4.69, 9.17) is 4.74 Å². The first kappa shape index (κ1) is 15.1. The average Bonchev–Trinajstić information content (AvgIpc) is 2.94. The summed E-state index contributed by atoms with van der Waals surface area (Å²) in [4.78, 5) is 0. The summed E-state index contributed by atoms with van der Waals surface area (Å²) in [6.45, 7) is 6.12. The summed E-state index contributed by atoms with van der Waals surface area (Å²) in [5, 5.41) is 7.71. The van der Waals surface area contributed by atoms with Crippen molar-refractivity contribution in [3.8, 4) is 5.75 Å². The van der Waals surface area contributed by atoms with Gasteiger partial charge in [0.25, 0.3) is 0 Å². The lowest BCUT2D eigenvalue weighted by Crippen LogP contribution is -2.27. The van der Waals surface area contributed by atoms with Gasteiger partial charge in [0.15, 0.2) is 0 Å². The SMILES string of the molecule is CCNC(C)Cc1ccc(OCCc2ccsc2)cc1. The second-order valence-electron chi connectivity index (χ2n) is 5.04. The Labute approximate surface area is 125 Å². The monoisotopic (exact) mass is 289 g/mol. The predicted octanol–water partition coefficient (Wildman–Crippen LogP) is 3.91. The maximum atomic E-state index is 5.78. The maximum Gasteiger partial charge on any atom is 0.119 e. The summed E-state index contributed by atoms with van der Waals surface area (Å²) < 4.78 is 5.78. The van der Waals surface area contributed by atoms with Crippen LogP contribution in [-0.2, 0) is 12.8 Å². The number of thiophene rings is 1. The highest BCUT2D eigenvalue weighted by Crippen LogP contribution is 2.14. The molecular weight excluding hydrogens is 266 g/mol. The lowest BCUT2D eigenvalue weighted by molar-refractivity contribution is 0.322. The molecule has 0 radical (unpaired) electrons. The molecule has 0 saturated carbocycles. The van der Waals surface area contributed by atoms with Gasteiger partial charge >= 0.3 is 0 Å². The van der Waals surface area contributed by atoms with Crippen molar-refractivity contribution in [2.24, 2.45) is 0 Å². The molecule has 0 amide bonds. The quantitative estimate of drug-likeness (QED) is 0.795. The van der Waals surface area contributed by atoms with Crippen molar-refractivity contribution in [3.63, 3.8) is 0 Å². The van der Waals surface area contributed by atoms with Crippen LogP contribution in [0.1, 0.15) is 25.0 Å². The second kappa shape index (κ2) is 8.08. The molecule has 1 aromatic heterocycles. The van der Waals surface area contributed by atoms with Crippen molar-refractivity contribution in [2.75, 3.05) is 13.2 Å². The van der Waals surface area contributed by atoms with E-state index < -0.39 is 0 Å². The van der Waals surface area contributed by atoms with E-state index in [1.807, 2.05) is 0 Å². The molecule has 0 bridgehead atoms. The summed E-state index contributed by atoms with van der Waals surface area (Å²) in [5.74, 6) is 0.958. The summed E-state index contributed by atoms with van der Waals surface area (Å²) in [5.41, 5.74) is 2.70. The molecule has 0 aliphatic heterocycles. The largest absolute Gasteiger partial charge is 0.493 e. The zero-order valence-corrected chi connectivity index (χ0v) is 13.1. The molecule has 1 atom stereocenters. The van der Waals surface area contributed by atoms with Gasteiger partial charge in [-0.1, -0.05) is 19.1 Å². The number of likely N-dealkylation sites (N-methyl/N-ethyl adjacent to an activating group) is 1. The first-order valence-electron chi connectivity index (χ1n) is 7.24. The third-order valence-electron chi connectivity index (χ3n) is 3.26. The molecule has 1 aromatic carbocycles. The highest BCUT2D eigenvalue weighted by atomic mass is 32.1. The molecule has 3 heteroatoms. The molecule has 2 nitrogen and oxygen atoms in total. The van der Waals surface area contributed by atoms with Crippen LogP contribution in [0, 0.1) is 0 Å². The Morgan fingerprint density at radius 3 is 2.60 bits per heavy atom. The minimum Gasteiger partial charge on any atom is -0.493 e. The van der Waals surface area contributed by atoms with E-state index in [0.717, 1.165) is 31.7 Å². The third-order valence-corrected chi connectivity index (χ3v) is 3.99. The lowest BCUT2D eigenvalue weighted by atomic mass is 10.1. The van der Waals surface area contributed by atoms with Gasteiger partial charge in [0.2, 0.25) is 0 Å². The van der Waals surface area contributed by atoms with E-state index in [-0.39, 0.29) is 0 Å². The van der Waals surface area contributed by atoms with Crippen LogP contribution >= 0.6 is 11.3 Å². The number of hydrogen-bond acceptors (Lipinski definition) is 3. The van der Waals surface area contributed by atoms with Gasteiger partial charge in [0.05, 0.1) is 6.61 Å². The number of benzene rings is 1. The first-order valence-corrected chi connectivity index (χ1v) is 8.18. The van der Waals surface area contributed by atoms with Gasteiger partial charge in [0, 0.05) is 12.5 Å². The van der Waals surface area contributed by atoms with E-state index in [2.05, 4.69) is 60.3 Å². The Balaban J connectivity index is 1.76. The van der Waals surface area contributed by atoms with Gasteiger partial charge in [-0.05, 0) is 60.0 Å². The van der Waals surface area contributed by atoms with Gasteiger partial charge in [-0.2, -0.15) is 11.3 Å². The lowest BCUT2D eigenvalue weighted by Gasteiger charge is -2.12. The topological polar surface area (TPSA) is 21.3 Å². The average molecular weight is 289 g/mol. The molecule has 1 N–H and O–H groups in total. The number of hydrogen-bond donors (Lipinski definition) is 1. The summed E-state index contributed by atoms with van der Waals surface area (Å²) >= 11 is 1.74. The van der Waals surface area contributed by atoms with Crippen LogP contribution in [0.2, 0.25) is 0 Å². The van der Waals surface area contributed by atoms with Crippen molar-refractivity contribution in [1.82, 2.24) is 5.32 Å². The van der Waals surface area contributed by atoms with Gasteiger partial charge in [-0.15, -0.1) is 0 Å². The Morgan fingerprint density at radius 1 is 1.15 bits per heavy atom. The van der Waals surface area contributed by atoms with Crippen LogP contribution in [0.15, 0.2) is 41.1 Å². The zero-order chi connectivity index (χ0) is 14.2. The molecule has 20 heavy (non-hydrogen) atoms. The second-order valence-corrected chi connectivity index (χ2v) is 5.82. The van der Waals surface area contributed by atoms with E-state index in [1.54, 1.807) is 11.3 Å². The fraction of sp³-hybridized carbons (Fsp3) is 0.412. The minimum atomic E-state index is 0.519. The van der Waals surface area contributed by atoms with Crippen molar-refractivity contribution < 1.29 is 4.74 Å². The number of ether oxygens (including phenoxy) is 1. The van der Waals surface area contributed by atoms with Gasteiger partial charge in [-0.25, -0.2) is 0 Å². The van der Waals surface area contributed by atoms with Crippen LogP contribution < -0.4 is 10.1 Å². The normalized spacial score (nSPS) is 12.3. The van der Waals surface area contributed by atoms with E-state index in [1.165, 1.54) is 11.1 Å². The Bertz CT molecular complexity index is 478. The van der Waals surface area contributed by atoms with E-state index in [9.17, 15) is 0 Å². The molecule has 1 heterocycles. The highest BCUT2D eigenvalue weighted by Gasteiger charge is 2.02. The number of nitrogens with one attached hydrogen (secondary N) is 1. The van der Waals surface area contributed by atoms with E-state index in [0.29, 0.717) is 6.04 Å². The summed E-state index contributed by atoms with van der Waals surface area (Å²) in [6, 6.07) is 11.1. The predicted molar refractivity (Wildman–Crippen MR) is 86.8 cm³/mol. The molecule has 2 rings (SSSR count). The van der Waals surface area contributed by atoms with Crippen LogP contribution in [0.25, 0.3) is 0 Å². The van der Waals surface area contributed by atoms with Crippen molar-refractivity contribution in [2.45, 2.75) is 32.7 Å². The van der Waals surface area contributed by atoms with Crippen LogP contribution in [-0.4, -0.2) is 19.2 Å². The molecule has 0 aliphatic carbocycles. The van der Waals surface area contributed by atoms with Gasteiger partial charge < -0.3 is 10.1 Å². The summed E-state index contributed by atoms with van der Waals surface area (Å²) in [7, 11) is 0. The van der Waals surface area contributed by atoms with Crippen LogP contribution in [0.4, 0.5) is 0 Å². The van der Waals surface area contributed by atoms with Gasteiger partial charge in [0.1, 0.15) is 5.75 Å². The molecule has 0 saturated heterocycles. The number of rotatable bonds is 8. The first-order chi connectivity index (χ1) is 9.78. The molecule has 108 valence electrons. The Hall–Kier alpha value is -1.32. The van der Waals surface area contributed by atoms with Crippen molar-refractivity contribution in [1.29, 1.82) is 0 Å². The van der Waals surface area contributed by atoms with Crippen molar-refractivity contribution >= 4 is 11.3 Å². The zero-order valence-electron chi connectivity index (χ0n) is 12.3. The maximum absolute atomic E-state index is 5.78. The Kier molecular flexibility index (Phi) is 6.09. The molecule has 1 unspecified atom stereocenters. The molecular formula is C17H23NOS. The van der Waals surface area contributed by atoms with Gasteiger partial charge in [-0.3, -0.25) is 0 Å². The third kappa shape index (κ3) is 4.99. The summed E-state index contributed by atoms with van der Waals surface area (Å²) in [6.07, 6.45) is 2.03. The molecule has 0 spiro atoms. The minimum absolute atomic E-state index is 0.519. The van der Waals surface area contributed by atoms with Crippen LogP contribution in [0.3, 0.4) is 0 Å². The fourth-order valence-electron chi connectivity index (χ4n) is 2.22. The van der Waals surface area contributed by atoms with Crippen LogP contribution in [0.5, 0.6) is 5.75 Å². The molecule has 2 aromatic rings.